The lowest BCUT2D eigenvalue weighted by Crippen LogP contribution is -2.35. The third-order valence-electron chi connectivity index (χ3n) is 4.23. The van der Waals surface area contributed by atoms with E-state index in [-0.39, 0.29) is 17.9 Å². The lowest BCUT2D eigenvalue weighted by Gasteiger charge is -2.22. The lowest BCUT2D eigenvalue weighted by atomic mass is 9.98. The van der Waals surface area contributed by atoms with Gasteiger partial charge in [0, 0.05) is 18.6 Å². The van der Waals surface area contributed by atoms with Crippen molar-refractivity contribution in [3.05, 3.63) is 82.9 Å². The average Bonchev–Trinajstić information content (AvgIpc) is 3.06. The lowest BCUT2D eigenvalue weighted by molar-refractivity contribution is -0.125. The van der Waals surface area contributed by atoms with Crippen molar-refractivity contribution in [3.63, 3.8) is 0 Å². The van der Waals surface area contributed by atoms with Crippen molar-refractivity contribution in [1.29, 1.82) is 0 Å². The van der Waals surface area contributed by atoms with Gasteiger partial charge in [0.15, 0.2) is 0 Å². The SMILES string of the molecule is Cc1ccc([C@@H](NC(=O)[C@@H](C)Cn2cc(Cl)cn2)c2cccnc2)cc1. The van der Waals surface area contributed by atoms with Crippen LogP contribution in [0.15, 0.2) is 61.2 Å². The second kappa shape index (κ2) is 8.15. The van der Waals surface area contributed by atoms with Crippen LogP contribution in [0, 0.1) is 12.8 Å². The van der Waals surface area contributed by atoms with Gasteiger partial charge < -0.3 is 5.32 Å². The molecular weight excluding hydrogens is 348 g/mol. The Balaban J connectivity index is 1.78. The van der Waals surface area contributed by atoms with Gasteiger partial charge in [-0.15, -0.1) is 0 Å². The molecule has 0 aliphatic heterocycles. The first-order chi connectivity index (χ1) is 12.5. The van der Waals surface area contributed by atoms with E-state index in [4.69, 9.17) is 11.6 Å². The van der Waals surface area contributed by atoms with Gasteiger partial charge in [-0.3, -0.25) is 14.5 Å². The first kappa shape index (κ1) is 18.1. The first-order valence-electron chi connectivity index (χ1n) is 8.48. The molecule has 6 heteroatoms. The Morgan fingerprint density at radius 1 is 1.19 bits per heavy atom. The average molecular weight is 369 g/mol. The molecule has 5 nitrogen and oxygen atoms in total. The summed E-state index contributed by atoms with van der Waals surface area (Å²) in [6.45, 7) is 4.38. The molecule has 26 heavy (non-hydrogen) atoms. The Morgan fingerprint density at radius 3 is 2.58 bits per heavy atom. The van der Waals surface area contributed by atoms with E-state index in [1.54, 1.807) is 29.5 Å². The summed E-state index contributed by atoms with van der Waals surface area (Å²) in [6.07, 6.45) is 6.78. The molecule has 1 N–H and O–H groups in total. The monoisotopic (exact) mass is 368 g/mol. The number of hydrogen-bond acceptors (Lipinski definition) is 3. The van der Waals surface area contributed by atoms with Crippen LogP contribution in [0.25, 0.3) is 0 Å². The largest absolute Gasteiger partial charge is 0.345 e. The summed E-state index contributed by atoms with van der Waals surface area (Å²) in [4.78, 5) is 17.0. The number of pyridine rings is 1. The summed E-state index contributed by atoms with van der Waals surface area (Å²) < 4.78 is 1.68. The molecule has 0 bridgehead atoms. The van der Waals surface area contributed by atoms with Crippen LogP contribution < -0.4 is 5.32 Å². The Hall–Kier alpha value is -2.66. The Bertz CT molecular complexity index is 861. The topological polar surface area (TPSA) is 59.8 Å². The van der Waals surface area contributed by atoms with Crippen molar-refractivity contribution in [3.8, 4) is 0 Å². The number of nitrogens with one attached hydrogen (secondary N) is 1. The smallest absolute Gasteiger partial charge is 0.225 e. The number of carbonyl (C=O) groups excluding carboxylic acids is 1. The molecule has 0 spiro atoms. The van der Waals surface area contributed by atoms with Crippen molar-refractivity contribution in [1.82, 2.24) is 20.1 Å². The van der Waals surface area contributed by atoms with Gasteiger partial charge in [0.2, 0.25) is 5.91 Å². The number of hydrogen-bond donors (Lipinski definition) is 1. The minimum Gasteiger partial charge on any atom is -0.345 e. The van der Waals surface area contributed by atoms with Crippen LogP contribution in [0.2, 0.25) is 5.02 Å². The number of halogens is 1. The van der Waals surface area contributed by atoms with Crippen LogP contribution in [-0.4, -0.2) is 20.7 Å². The van der Waals surface area contributed by atoms with Gasteiger partial charge in [0.25, 0.3) is 0 Å². The molecule has 2 heterocycles. The summed E-state index contributed by atoms with van der Waals surface area (Å²) >= 11 is 5.89. The van der Waals surface area contributed by atoms with E-state index in [0.29, 0.717) is 11.6 Å². The van der Waals surface area contributed by atoms with E-state index >= 15 is 0 Å². The van der Waals surface area contributed by atoms with Crippen molar-refractivity contribution < 1.29 is 4.79 Å². The fourth-order valence-electron chi connectivity index (χ4n) is 2.75. The van der Waals surface area contributed by atoms with Crippen molar-refractivity contribution in [2.24, 2.45) is 5.92 Å². The minimum absolute atomic E-state index is 0.0500. The first-order valence-corrected chi connectivity index (χ1v) is 8.85. The van der Waals surface area contributed by atoms with Crippen LogP contribution in [0.1, 0.15) is 29.7 Å². The Morgan fingerprint density at radius 2 is 1.96 bits per heavy atom. The van der Waals surface area contributed by atoms with Gasteiger partial charge in [0.05, 0.1) is 29.7 Å². The molecule has 0 fully saturated rings. The van der Waals surface area contributed by atoms with Crippen molar-refractivity contribution in [2.45, 2.75) is 26.4 Å². The zero-order valence-corrected chi connectivity index (χ0v) is 15.5. The van der Waals surface area contributed by atoms with Crippen LogP contribution in [0.3, 0.4) is 0 Å². The third kappa shape index (κ3) is 4.49. The van der Waals surface area contributed by atoms with Gasteiger partial charge in [-0.2, -0.15) is 5.10 Å². The second-order valence-electron chi connectivity index (χ2n) is 6.42. The van der Waals surface area contributed by atoms with Gasteiger partial charge in [-0.1, -0.05) is 54.4 Å². The zero-order valence-electron chi connectivity index (χ0n) is 14.8. The molecule has 3 aromatic rings. The Labute approximate surface area is 158 Å². The molecule has 3 rings (SSSR count). The minimum atomic E-state index is -0.254. The summed E-state index contributed by atoms with van der Waals surface area (Å²) in [5.41, 5.74) is 3.14. The highest BCUT2D eigenvalue weighted by molar-refractivity contribution is 6.30. The highest BCUT2D eigenvalue weighted by atomic mass is 35.5. The van der Waals surface area contributed by atoms with E-state index in [9.17, 15) is 4.79 Å². The third-order valence-corrected chi connectivity index (χ3v) is 4.42. The van der Waals surface area contributed by atoms with E-state index < -0.39 is 0 Å². The molecule has 2 aromatic heterocycles. The van der Waals surface area contributed by atoms with Crippen molar-refractivity contribution >= 4 is 17.5 Å². The second-order valence-corrected chi connectivity index (χ2v) is 6.86. The summed E-state index contributed by atoms with van der Waals surface area (Å²) in [7, 11) is 0. The number of amides is 1. The van der Waals surface area contributed by atoms with E-state index in [1.807, 2.05) is 50.2 Å². The molecule has 1 aromatic carbocycles. The normalized spacial score (nSPS) is 13.2. The van der Waals surface area contributed by atoms with Crippen LogP contribution in [-0.2, 0) is 11.3 Å². The Kier molecular flexibility index (Phi) is 5.68. The molecule has 0 unspecified atom stereocenters. The van der Waals surface area contributed by atoms with Crippen LogP contribution >= 0.6 is 11.6 Å². The quantitative estimate of drug-likeness (QED) is 0.720. The summed E-state index contributed by atoms with van der Waals surface area (Å²) in [5, 5.41) is 7.84. The molecule has 0 saturated heterocycles. The van der Waals surface area contributed by atoms with Gasteiger partial charge in [-0.05, 0) is 24.1 Å². The molecule has 0 aliphatic rings. The number of carbonyl (C=O) groups is 1. The van der Waals surface area contributed by atoms with Crippen molar-refractivity contribution in [2.75, 3.05) is 0 Å². The maximum absolute atomic E-state index is 12.8. The molecule has 0 saturated carbocycles. The standard InChI is InChI=1S/C20H21ClN4O/c1-14-5-7-16(8-6-14)19(17-4-3-9-22-10-17)24-20(26)15(2)12-25-13-18(21)11-23-25/h3-11,13,15,19H,12H2,1-2H3,(H,24,26)/t15-,19+/m0/s1. The maximum Gasteiger partial charge on any atom is 0.225 e. The maximum atomic E-state index is 12.8. The van der Waals surface area contributed by atoms with Gasteiger partial charge in [0.1, 0.15) is 0 Å². The number of benzene rings is 1. The number of rotatable bonds is 6. The fraction of sp³-hybridized carbons (Fsp3) is 0.250. The number of aryl methyl sites for hydroxylation is 1. The summed E-state index contributed by atoms with van der Waals surface area (Å²) in [5.74, 6) is -0.304. The van der Waals surface area contributed by atoms with E-state index in [2.05, 4.69) is 15.4 Å². The molecule has 1 amide bonds. The molecule has 0 aliphatic carbocycles. The summed E-state index contributed by atoms with van der Waals surface area (Å²) in [6, 6.07) is 11.7. The van der Waals surface area contributed by atoms with Crippen LogP contribution in [0.5, 0.6) is 0 Å². The van der Waals surface area contributed by atoms with Crippen LogP contribution in [0.4, 0.5) is 0 Å². The highest BCUT2D eigenvalue weighted by Crippen LogP contribution is 2.22. The molecule has 0 radical (unpaired) electrons. The molecular formula is C20H21ClN4O. The molecule has 2 atom stereocenters. The van der Waals surface area contributed by atoms with Gasteiger partial charge in [-0.25, -0.2) is 0 Å². The highest BCUT2D eigenvalue weighted by Gasteiger charge is 2.21. The van der Waals surface area contributed by atoms with Gasteiger partial charge >= 0.3 is 0 Å². The fourth-order valence-corrected chi connectivity index (χ4v) is 2.91. The molecule has 134 valence electrons. The zero-order chi connectivity index (χ0) is 18.5. The number of aromatic nitrogens is 3. The predicted molar refractivity (Wildman–Crippen MR) is 102 cm³/mol. The number of nitrogens with zero attached hydrogens (tertiary/aromatic N) is 3. The van der Waals surface area contributed by atoms with E-state index in [0.717, 1.165) is 11.1 Å². The predicted octanol–water partition coefficient (Wildman–Crippen LogP) is 3.78. The van der Waals surface area contributed by atoms with E-state index in [1.165, 1.54) is 5.56 Å².